The Hall–Kier alpha value is -2.04. The molecule has 1 fully saturated rings. The van der Waals surface area contributed by atoms with Gasteiger partial charge in [-0.3, -0.25) is 4.79 Å². The standard InChI is InChI=1S/C17H24N2O3/c1-11-6-5-7-12(2)16(11)18-19-17(20)13-8-14(21-3)10-15(9-13)22-4/h8-12H,5-7H2,1-4H3,(H,19,20)/t11-,12-/m1/s1. The topological polar surface area (TPSA) is 59.9 Å². The van der Waals surface area contributed by atoms with Crippen molar-refractivity contribution in [3.05, 3.63) is 23.8 Å². The molecule has 0 unspecified atom stereocenters. The first kappa shape index (κ1) is 16.3. The Kier molecular flexibility index (Phi) is 5.41. The summed E-state index contributed by atoms with van der Waals surface area (Å²) in [5, 5.41) is 4.37. The van der Waals surface area contributed by atoms with Crippen LogP contribution in [0.2, 0.25) is 0 Å². The van der Waals surface area contributed by atoms with Crippen LogP contribution >= 0.6 is 0 Å². The number of carbonyl (C=O) groups excluding carboxylic acids is 1. The van der Waals surface area contributed by atoms with Crippen LogP contribution in [0, 0.1) is 11.8 Å². The van der Waals surface area contributed by atoms with Crippen LogP contribution in [0.25, 0.3) is 0 Å². The van der Waals surface area contributed by atoms with E-state index in [9.17, 15) is 4.79 Å². The van der Waals surface area contributed by atoms with Gasteiger partial charge in [0.1, 0.15) is 11.5 Å². The summed E-state index contributed by atoms with van der Waals surface area (Å²) in [7, 11) is 3.12. The van der Waals surface area contributed by atoms with Crippen LogP contribution in [0.3, 0.4) is 0 Å². The maximum absolute atomic E-state index is 12.3. The molecule has 0 saturated heterocycles. The number of amides is 1. The van der Waals surface area contributed by atoms with E-state index in [4.69, 9.17) is 9.47 Å². The van der Waals surface area contributed by atoms with Gasteiger partial charge in [-0.2, -0.15) is 5.10 Å². The number of benzene rings is 1. The van der Waals surface area contributed by atoms with Gasteiger partial charge in [0.05, 0.1) is 14.2 Å². The number of methoxy groups -OCH3 is 2. The van der Waals surface area contributed by atoms with Crippen LogP contribution in [0.4, 0.5) is 0 Å². The summed E-state index contributed by atoms with van der Waals surface area (Å²) in [4.78, 5) is 12.3. The minimum absolute atomic E-state index is 0.255. The number of hydrogen-bond donors (Lipinski definition) is 1. The van der Waals surface area contributed by atoms with Crippen LogP contribution in [-0.2, 0) is 0 Å². The first-order valence-corrected chi connectivity index (χ1v) is 7.66. The smallest absolute Gasteiger partial charge is 0.271 e. The van der Waals surface area contributed by atoms with E-state index in [2.05, 4.69) is 24.4 Å². The van der Waals surface area contributed by atoms with E-state index in [1.165, 1.54) is 6.42 Å². The molecular weight excluding hydrogens is 280 g/mol. The predicted octanol–water partition coefficient (Wildman–Crippen LogP) is 3.25. The summed E-state index contributed by atoms with van der Waals surface area (Å²) in [5.74, 6) is 1.75. The Morgan fingerprint density at radius 3 is 2.14 bits per heavy atom. The first-order chi connectivity index (χ1) is 10.5. The molecule has 120 valence electrons. The SMILES string of the molecule is COc1cc(OC)cc(C(=O)NN=C2[C@H](C)CCC[C@H]2C)c1. The lowest BCUT2D eigenvalue weighted by Gasteiger charge is -2.26. The average Bonchev–Trinajstić information content (AvgIpc) is 2.53. The van der Waals surface area contributed by atoms with Gasteiger partial charge in [-0.05, 0) is 36.8 Å². The fourth-order valence-corrected chi connectivity index (χ4v) is 2.85. The third-order valence-electron chi connectivity index (χ3n) is 4.18. The van der Waals surface area contributed by atoms with Gasteiger partial charge < -0.3 is 9.47 Å². The molecule has 1 N–H and O–H groups in total. The van der Waals surface area contributed by atoms with E-state index in [0.29, 0.717) is 28.9 Å². The molecule has 0 aliphatic heterocycles. The summed E-state index contributed by atoms with van der Waals surface area (Å²) < 4.78 is 10.4. The van der Waals surface area contributed by atoms with E-state index >= 15 is 0 Å². The largest absolute Gasteiger partial charge is 0.497 e. The monoisotopic (exact) mass is 304 g/mol. The Morgan fingerprint density at radius 2 is 1.64 bits per heavy atom. The van der Waals surface area contributed by atoms with Gasteiger partial charge in [-0.15, -0.1) is 0 Å². The molecule has 2 rings (SSSR count). The summed E-state index contributed by atoms with van der Waals surface area (Å²) in [5.41, 5.74) is 4.22. The van der Waals surface area contributed by atoms with Crippen LogP contribution < -0.4 is 14.9 Å². The Bertz CT molecular complexity index is 535. The fourth-order valence-electron chi connectivity index (χ4n) is 2.85. The molecule has 1 aliphatic carbocycles. The third kappa shape index (κ3) is 3.78. The number of hydrogen-bond acceptors (Lipinski definition) is 4. The molecule has 22 heavy (non-hydrogen) atoms. The van der Waals surface area contributed by atoms with Gasteiger partial charge in [-0.1, -0.05) is 20.3 Å². The van der Waals surface area contributed by atoms with Crippen LogP contribution in [-0.4, -0.2) is 25.8 Å². The lowest BCUT2D eigenvalue weighted by molar-refractivity contribution is 0.0953. The van der Waals surface area contributed by atoms with E-state index in [0.717, 1.165) is 18.6 Å². The van der Waals surface area contributed by atoms with E-state index in [1.807, 2.05) is 0 Å². The first-order valence-electron chi connectivity index (χ1n) is 7.66. The molecule has 2 atom stereocenters. The zero-order valence-corrected chi connectivity index (χ0v) is 13.7. The van der Waals surface area contributed by atoms with Gasteiger partial charge in [0.25, 0.3) is 5.91 Å². The van der Waals surface area contributed by atoms with Gasteiger partial charge in [-0.25, -0.2) is 5.43 Å². The molecule has 1 saturated carbocycles. The number of nitrogens with one attached hydrogen (secondary N) is 1. The quantitative estimate of drug-likeness (QED) is 0.869. The minimum Gasteiger partial charge on any atom is -0.497 e. The van der Waals surface area contributed by atoms with Gasteiger partial charge in [0.2, 0.25) is 0 Å². The van der Waals surface area contributed by atoms with Crippen molar-refractivity contribution in [1.29, 1.82) is 0 Å². The Balaban J connectivity index is 2.15. The fraction of sp³-hybridized carbons (Fsp3) is 0.529. The molecule has 0 radical (unpaired) electrons. The van der Waals surface area contributed by atoms with Crippen LogP contribution in [0.15, 0.2) is 23.3 Å². The number of nitrogens with zero attached hydrogens (tertiary/aromatic N) is 1. The minimum atomic E-state index is -0.255. The van der Waals surface area contributed by atoms with Crippen molar-refractivity contribution >= 4 is 11.6 Å². The van der Waals surface area contributed by atoms with E-state index in [-0.39, 0.29) is 5.91 Å². The highest BCUT2D eigenvalue weighted by atomic mass is 16.5. The Labute approximate surface area is 131 Å². The van der Waals surface area contributed by atoms with Crippen molar-refractivity contribution in [1.82, 2.24) is 5.43 Å². The molecule has 5 nitrogen and oxygen atoms in total. The molecular formula is C17H24N2O3. The lowest BCUT2D eigenvalue weighted by atomic mass is 9.81. The van der Waals surface area contributed by atoms with E-state index in [1.54, 1.807) is 32.4 Å². The molecule has 1 aromatic carbocycles. The van der Waals surface area contributed by atoms with E-state index < -0.39 is 0 Å². The molecule has 0 bridgehead atoms. The molecule has 0 spiro atoms. The zero-order valence-electron chi connectivity index (χ0n) is 13.7. The normalized spacial score (nSPS) is 21.2. The average molecular weight is 304 g/mol. The maximum Gasteiger partial charge on any atom is 0.271 e. The molecule has 1 aromatic rings. The second-order valence-electron chi connectivity index (χ2n) is 5.81. The molecule has 0 heterocycles. The van der Waals surface area contributed by atoms with Crippen LogP contribution in [0.5, 0.6) is 11.5 Å². The summed E-state index contributed by atoms with van der Waals surface area (Å²) in [6.07, 6.45) is 3.49. The molecule has 1 amide bonds. The summed E-state index contributed by atoms with van der Waals surface area (Å²) in [6, 6.07) is 5.07. The second-order valence-corrected chi connectivity index (χ2v) is 5.81. The van der Waals surface area contributed by atoms with Crippen molar-refractivity contribution in [2.45, 2.75) is 33.1 Å². The summed E-state index contributed by atoms with van der Waals surface area (Å²) >= 11 is 0. The van der Waals surface area contributed by atoms with Gasteiger partial charge in [0.15, 0.2) is 0 Å². The number of rotatable bonds is 4. The number of hydrazone groups is 1. The molecule has 0 aromatic heterocycles. The van der Waals surface area contributed by atoms with Crippen molar-refractivity contribution in [2.24, 2.45) is 16.9 Å². The van der Waals surface area contributed by atoms with Crippen molar-refractivity contribution < 1.29 is 14.3 Å². The second kappa shape index (κ2) is 7.29. The molecule has 5 heteroatoms. The van der Waals surface area contributed by atoms with Gasteiger partial charge in [0, 0.05) is 17.3 Å². The highest BCUT2D eigenvalue weighted by Gasteiger charge is 2.23. The van der Waals surface area contributed by atoms with Crippen molar-refractivity contribution in [3.8, 4) is 11.5 Å². The Morgan fingerprint density at radius 1 is 1.09 bits per heavy atom. The highest BCUT2D eigenvalue weighted by molar-refractivity contribution is 5.97. The molecule has 1 aliphatic rings. The number of carbonyl (C=O) groups is 1. The lowest BCUT2D eigenvalue weighted by Crippen LogP contribution is -2.29. The van der Waals surface area contributed by atoms with Crippen LogP contribution in [0.1, 0.15) is 43.5 Å². The van der Waals surface area contributed by atoms with Gasteiger partial charge >= 0.3 is 0 Å². The van der Waals surface area contributed by atoms with Crippen molar-refractivity contribution in [3.63, 3.8) is 0 Å². The number of ether oxygens (including phenoxy) is 2. The third-order valence-corrected chi connectivity index (χ3v) is 4.18. The zero-order chi connectivity index (χ0) is 16.1. The summed E-state index contributed by atoms with van der Waals surface area (Å²) in [6.45, 7) is 4.32. The highest BCUT2D eigenvalue weighted by Crippen LogP contribution is 2.26. The maximum atomic E-state index is 12.3. The predicted molar refractivity (Wildman–Crippen MR) is 86.6 cm³/mol. The van der Waals surface area contributed by atoms with Crippen molar-refractivity contribution in [2.75, 3.05) is 14.2 Å².